The predicted octanol–water partition coefficient (Wildman–Crippen LogP) is 1.33. The standard InChI is InChI=1S/C17H21N5O4/c1-3-26-17(25)20-9-8-19-11-13(10-18)16(24)22-15-6-4-14(5-7-15)21-12(2)23/h4-7,11,19H,3,8-9H2,1-2H3,(H,20,25)(H,21,23)(H,22,24)/b13-11-. The molecule has 0 aliphatic heterocycles. The molecule has 0 aliphatic rings. The van der Waals surface area contributed by atoms with Gasteiger partial charge in [0, 0.05) is 37.6 Å². The topological polar surface area (TPSA) is 132 Å². The fourth-order valence-electron chi connectivity index (χ4n) is 1.78. The van der Waals surface area contributed by atoms with Gasteiger partial charge < -0.3 is 26.0 Å². The van der Waals surface area contributed by atoms with Crippen molar-refractivity contribution in [3.05, 3.63) is 36.0 Å². The van der Waals surface area contributed by atoms with E-state index in [-0.39, 0.29) is 24.6 Å². The van der Waals surface area contributed by atoms with E-state index in [4.69, 9.17) is 10.00 Å². The Labute approximate surface area is 151 Å². The van der Waals surface area contributed by atoms with Gasteiger partial charge in [0.15, 0.2) is 0 Å². The van der Waals surface area contributed by atoms with Crippen LogP contribution in [0.1, 0.15) is 13.8 Å². The van der Waals surface area contributed by atoms with Crippen LogP contribution in [0.15, 0.2) is 36.0 Å². The average molecular weight is 359 g/mol. The molecule has 0 heterocycles. The number of hydrogen-bond donors (Lipinski definition) is 4. The van der Waals surface area contributed by atoms with Crippen molar-refractivity contribution in [2.24, 2.45) is 0 Å². The maximum atomic E-state index is 12.1. The Bertz CT molecular complexity index is 707. The minimum atomic E-state index is -0.578. The highest BCUT2D eigenvalue weighted by molar-refractivity contribution is 6.06. The smallest absolute Gasteiger partial charge is 0.407 e. The summed E-state index contributed by atoms with van der Waals surface area (Å²) in [6, 6.07) is 8.27. The maximum absolute atomic E-state index is 12.1. The zero-order chi connectivity index (χ0) is 19.4. The van der Waals surface area contributed by atoms with Crippen LogP contribution in [0.5, 0.6) is 0 Å². The van der Waals surface area contributed by atoms with Crippen molar-refractivity contribution >= 4 is 29.3 Å². The number of nitriles is 1. The van der Waals surface area contributed by atoms with Crippen molar-refractivity contribution < 1.29 is 19.1 Å². The number of anilines is 2. The van der Waals surface area contributed by atoms with Crippen LogP contribution in [-0.2, 0) is 14.3 Å². The summed E-state index contributed by atoms with van der Waals surface area (Å²) in [7, 11) is 0. The molecule has 0 aliphatic carbocycles. The number of benzene rings is 1. The minimum absolute atomic E-state index is 0.118. The summed E-state index contributed by atoms with van der Waals surface area (Å²) >= 11 is 0. The molecule has 138 valence electrons. The average Bonchev–Trinajstić information content (AvgIpc) is 2.59. The van der Waals surface area contributed by atoms with Crippen molar-refractivity contribution in [2.45, 2.75) is 13.8 Å². The molecular formula is C17H21N5O4. The lowest BCUT2D eigenvalue weighted by Gasteiger charge is -2.07. The lowest BCUT2D eigenvalue weighted by Crippen LogP contribution is -2.31. The number of nitrogens with one attached hydrogen (secondary N) is 4. The number of hydrogen-bond acceptors (Lipinski definition) is 6. The van der Waals surface area contributed by atoms with E-state index in [9.17, 15) is 14.4 Å². The second-order valence-electron chi connectivity index (χ2n) is 4.98. The summed E-state index contributed by atoms with van der Waals surface area (Å²) in [5.41, 5.74) is 0.962. The van der Waals surface area contributed by atoms with E-state index in [0.29, 0.717) is 17.9 Å². The van der Waals surface area contributed by atoms with Crippen LogP contribution in [0.4, 0.5) is 16.2 Å². The third-order valence-corrected chi connectivity index (χ3v) is 2.89. The van der Waals surface area contributed by atoms with Crippen molar-refractivity contribution in [1.82, 2.24) is 10.6 Å². The molecule has 1 aromatic rings. The summed E-state index contributed by atoms with van der Waals surface area (Å²) < 4.78 is 4.69. The van der Waals surface area contributed by atoms with Crippen LogP contribution in [-0.4, -0.2) is 37.6 Å². The predicted molar refractivity (Wildman–Crippen MR) is 96.1 cm³/mol. The Morgan fingerprint density at radius 3 is 2.27 bits per heavy atom. The van der Waals surface area contributed by atoms with Crippen LogP contribution in [0, 0.1) is 11.3 Å². The molecule has 1 rings (SSSR count). The first-order valence-corrected chi connectivity index (χ1v) is 7.89. The first-order chi connectivity index (χ1) is 12.5. The fraction of sp³-hybridized carbons (Fsp3) is 0.294. The maximum Gasteiger partial charge on any atom is 0.407 e. The van der Waals surface area contributed by atoms with Crippen molar-refractivity contribution in [3.8, 4) is 6.07 Å². The number of carbonyl (C=O) groups is 3. The second-order valence-corrected chi connectivity index (χ2v) is 4.98. The van der Waals surface area contributed by atoms with Crippen molar-refractivity contribution in [1.29, 1.82) is 5.26 Å². The van der Waals surface area contributed by atoms with Gasteiger partial charge in [-0.1, -0.05) is 0 Å². The SMILES string of the molecule is CCOC(=O)NCCN/C=C(/C#N)C(=O)Nc1ccc(NC(C)=O)cc1. The summed E-state index contributed by atoms with van der Waals surface area (Å²) in [4.78, 5) is 34.1. The molecule has 0 spiro atoms. The summed E-state index contributed by atoms with van der Waals surface area (Å²) in [6.45, 7) is 3.98. The van der Waals surface area contributed by atoms with Gasteiger partial charge in [-0.2, -0.15) is 5.26 Å². The number of ether oxygens (including phenoxy) is 1. The van der Waals surface area contributed by atoms with Crippen LogP contribution in [0.2, 0.25) is 0 Å². The molecule has 0 radical (unpaired) electrons. The number of alkyl carbamates (subject to hydrolysis) is 1. The zero-order valence-corrected chi connectivity index (χ0v) is 14.6. The largest absolute Gasteiger partial charge is 0.450 e. The molecule has 0 bridgehead atoms. The number of carbonyl (C=O) groups excluding carboxylic acids is 3. The molecular weight excluding hydrogens is 338 g/mol. The van der Waals surface area contributed by atoms with Crippen LogP contribution in [0.25, 0.3) is 0 Å². The number of nitrogens with zero attached hydrogens (tertiary/aromatic N) is 1. The molecule has 0 aromatic heterocycles. The van der Waals surface area contributed by atoms with Gasteiger partial charge in [0.1, 0.15) is 11.6 Å². The van der Waals surface area contributed by atoms with Gasteiger partial charge >= 0.3 is 6.09 Å². The lowest BCUT2D eigenvalue weighted by atomic mass is 10.2. The normalized spacial score (nSPS) is 10.3. The highest BCUT2D eigenvalue weighted by Crippen LogP contribution is 2.14. The van der Waals surface area contributed by atoms with E-state index in [1.807, 2.05) is 0 Å². The molecule has 9 nitrogen and oxygen atoms in total. The van der Waals surface area contributed by atoms with Gasteiger partial charge in [0.05, 0.1) is 6.61 Å². The number of rotatable bonds is 8. The Morgan fingerprint density at radius 1 is 1.12 bits per heavy atom. The summed E-state index contributed by atoms with van der Waals surface area (Å²) in [5, 5.41) is 19.5. The minimum Gasteiger partial charge on any atom is -0.450 e. The molecule has 0 saturated carbocycles. The van der Waals surface area contributed by atoms with E-state index >= 15 is 0 Å². The van der Waals surface area contributed by atoms with E-state index in [0.717, 1.165) is 0 Å². The molecule has 0 atom stereocenters. The van der Waals surface area contributed by atoms with Gasteiger partial charge in [-0.3, -0.25) is 9.59 Å². The van der Waals surface area contributed by atoms with Crippen molar-refractivity contribution in [3.63, 3.8) is 0 Å². The van der Waals surface area contributed by atoms with Crippen LogP contribution >= 0.6 is 0 Å². The Morgan fingerprint density at radius 2 is 1.73 bits per heavy atom. The highest BCUT2D eigenvalue weighted by atomic mass is 16.5. The van der Waals surface area contributed by atoms with E-state index in [2.05, 4.69) is 21.3 Å². The Kier molecular flexibility index (Phi) is 8.75. The van der Waals surface area contributed by atoms with E-state index in [1.165, 1.54) is 13.1 Å². The summed E-state index contributed by atoms with van der Waals surface area (Å²) in [5.74, 6) is -0.773. The second kappa shape index (κ2) is 11.1. The van der Waals surface area contributed by atoms with E-state index in [1.54, 1.807) is 37.3 Å². The van der Waals surface area contributed by atoms with Crippen LogP contribution < -0.4 is 21.3 Å². The molecule has 1 aromatic carbocycles. The highest BCUT2D eigenvalue weighted by Gasteiger charge is 2.09. The molecule has 3 amide bonds. The first-order valence-electron chi connectivity index (χ1n) is 7.89. The van der Waals surface area contributed by atoms with Crippen molar-refractivity contribution in [2.75, 3.05) is 30.3 Å². The zero-order valence-electron chi connectivity index (χ0n) is 14.6. The van der Waals surface area contributed by atoms with E-state index < -0.39 is 12.0 Å². The van der Waals surface area contributed by atoms with Gasteiger partial charge in [-0.15, -0.1) is 0 Å². The third kappa shape index (κ3) is 7.83. The first kappa shape index (κ1) is 20.5. The Balaban J connectivity index is 2.48. The third-order valence-electron chi connectivity index (χ3n) is 2.89. The quantitative estimate of drug-likeness (QED) is 0.314. The molecule has 0 fully saturated rings. The molecule has 0 unspecified atom stereocenters. The molecule has 9 heteroatoms. The van der Waals surface area contributed by atoms with Gasteiger partial charge in [0.25, 0.3) is 5.91 Å². The lowest BCUT2D eigenvalue weighted by molar-refractivity contribution is -0.114. The Hall–Kier alpha value is -3.54. The van der Waals surface area contributed by atoms with Gasteiger partial charge in [0.2, 0.25) is 5.91 Å². The molecule has 26 heavy (non-hydrogen) atoms. The number of amides is 3. The van der Waals surface area contributed by atoms with Gasteiger partial charge in [-0.25, -0.2) is 4.79 Å². The van der Waals surface area contributed by atoms with Crippen LogP contribution in [0.3, 0.4) is 0 Å². The molecule has 0 saturated heterocycles. The van der Waals surface area contributed by atoms with Gasteiger partial charge in [-0.05, 0) is 31.2 Å². The fourth-order valence-corrected chi connectivity index (χ4v) is 1.78. The summed E-state index contributed by atoms with van der Waals surface area (Å²) in [6.07, 6.45) is 0.743. The monoisotopic (exact) mass is 359 g/mol. The molecule has 4 N–H and O–H groups in total.